The number of alkyl halides is 3. The standard InChI is InChI=1S/C23H20F3NO4/c1-13-7-15(10-17(8-13)23(24,25)26)11-27-12-16(9-14(2)21(28)29)20-18(22(30)31-3)5-4-6-19(20)27/h4-10,12H,11H2,1-3H3,(H,28,29)/b14-9+. The van der Waals surface area contributed by atoms with Crippen LogP contribution < -0.4 is 0 Å². The van der Waals surface area contributed by atoms with Gasteiger partial charge in [0.05, 0.1) is 18.2 Å². The molecule has 0 saturated heterocycles. The van der Waals surface area contributed by atoms with Crippen molar-refractivity contribution >= 4 is 28.9 Å². The Morgan fingerprint density at radius 1 is 1.19 bits per heavy atom. The van der Waals surface area contributed by atoms with Gasteiger partial charge >= 0.3 is 18.1 Å². The molecule has 2 aromatic carbocycles. The number of ether oxygens (including phenoxy) is 1. The van der Waals surface area contributed by atoms with Gasteiger partial charge in [-0.1, -0.05) is 17.7 Å². The lowest BCUT2D eigenvalue weighted by atomic mass is 10.0. The molecule has 0 aliphatic heterocycles. The molecule has 3 rings (SSSR count). The molecule has 1 aromatic heterocycles. The minimum Gasteiger partial charge on any atom is -0.478 e. The quantitative estimate of drug-likeness (QED) is 0.440. The molecule has 0 atom stereocenters. The number of fused-ring (bicyclic) bond motifs is 1. The highest BCUT2D eigenvalue weighted by Gasteiger charge is 2.31. The first-order chi connectivity index (χ1) is 14.5. The van der Waals surface area contributed by atoms with Crippen molar-refractivity contribution in [2.75, 3.05) is 7.11 Å². The van der Waals surface area contributed by atoms with E-state index in [4.69, 9.17) is 4.74 Å². The summed E-state index contributed by atoms with van der Waals surface area (Å²) in [5.74, 6) is -1.72. The fraction of sp³-hybridized carbons (Fsp3) is 0.217. The van der Waals surface area contributed by atoms with Gasteiger partial charge in [0, 0.05) is 34.8 Å². The number of rotatable bonds is 5. The van der Waals surface area contributed by atoms with Gasteiger partial charge in [0.25, 0.3) is 0 Å². The third-order valence-electron chi connectivity index (χ3n) is 4.87. The smallest absolute Gasteiger partial charge is 0.416 e. The molecular formula is C23H20F3NO4. The van der Waals surface area contributed by atoms with Crippen molar-refractivity contribution in [3.63, 3.8) is 0 Å². The Balaban J connectivity index is 2.21. The molecule has 0 saturated carbocycles. The number of aromatic nitrogens is 1. The highest BCUT2D eigenvalue weighted by molar-refractivity contribution is 6.08. The fourth-order valence-electron chi connectivity index (χ4n) is 3.51. The van der Waals surface area contributed by atoms with Crippen LogP contribution in [0.15, 0.2) is 48.2 Å². The molecule has 0 fully saturated rings. The molecular weight excluding hydrogens is 411 g/mol. The second-order valence-corrected chi connectivity index (χ2v) is 7.24. The molecule has 0 aliphatic carbocycles. The monoisotopic (exact) mass is 431 g/mol. The molecule has 0 radical (unpaired) electrons. The molecule has 0 unspecified atom stereocenters. The summed E-state index contributed by atoms with van der Waals surface area (Å²) in [6, 6.07) is 8.73. The minimum absolute atomic E-state index is 0.0497. The van der Waals surface area contributed by atoms with Crippen LogP contribution in [0.4, 0.5) is 13.2 Å². The number of methoxy groups -OCH3 is 1. The van der Waals surface area contributed by atoms with Crippen molar-refractivity contribution in [3.8, 4) is 0 Å². The summed E-state index contributed by atoms with van der Waals surface area (Å²) in [6.07, 6.45) is -1.42. The molecule has 0 bridgehead atoms. The van der Waals surface area contributed by atoms with E-state index in [9.17, 15) is 27.9 Å². The minimum atomic E-state index is -4.47. The van der Waals surface area contributed by atoms with E-state index in [0.29, 0.717) is 27.6 Å². The topological polar surface area (TPSA) is 68.5 Å². The van der Waals surface area contributed by atoms with Gasteiger partial charge in [0.2, 0.25) is 0 Å². The lowest BCUT2D eigenvalue weighted by molar-refractivity contribution is -0.137. The van der Waals surface area contributed by atoms with Gasteiger partial charge in [-0.05, 0) is 49.8 Å². The van der Waals surface area contributed by atoms with Gasteiger partial charge in [-0.2, -0.15) is 13.2 Å². The number of hydrogen-bond acceptors (Lipinski definition) is 3. The van der Waals surface area contributed by atoms with Crippen molar-refractivity contribution in [1.29, 1.82) is 0 Å². The van der Waals surface area contributed by atoms with Crippen LogP contribution in [0, 0.1) is 6.92 Å². The summed E-state index contributed by atoms with van der Waals surface area (Å²) >= 11 is 0. The third-order valence-corrected chi connectivity index (χ3v) is 4.87. The number of esters is 1. The SMILES string of the molecule is COC(=O)c1cccc2c1c(/C=C(\C)C(=O)O)cn2Cc1cc(C)cc(C(F)(F)F)c1. The number of nitrogens with zero attached hydrogens (tertiary/aromatic N) is 1. The van der Waals surface area contributed by atoms with Crippen molar-refractivity contribution in [1.82, 2.24) is 4.57 Å². The molecule has 0 aliphatic rings. The van der Waals surface area contributed by atoms with E-state index in [-0.39, 0.29) is 17.7 Å². The Labute approximate surface area is 176 Å². The fourth-order valence-corrected chi connectivity index (χ4v) is 3.51. The van der Waals surface area contributed by atoms with Crippen molar-refractivity contribution in [2.24, 2.45) is 0 Å². The average Bonchev–Trinajstić information content (AvgIpc) is 3.03. The normalized spacial score (nSPS) is 12.3. The van der Waals surface area contributed by atoms with Crippen LogP contribution >= 0.6 is 0 Å². The van der Waals surface area contributed by atoms with Gasteiger partial charge in [-0.15, -0.1) is 0 Å². The number of hydrogen-bond donors (Lipinski definition) is 1. The predicted molar refractivity (Wildman–Crippen MR) is 110 cm³/mol. The number of carbonyl (C=O) groups excluding carboxylic acids is 1. The van der Waals surface area contributed by atoms with E-state index in [1.807, 2.05) is 0 Å². The molecule has 162 valence electrons. The predicted octanol–water partition coefficient (Wildman–Crippen LogP) is 5.29. The Morgan fingerprint density at radius 2 is 1.90 bits per heavy atom. The van der Waals surface area contributed by atoms with Gasteiger partial charge in [-0.3, -0.25) is 0 Å². The molecule has 0 amide bonds. The average molecular weight is 431 g/mol. The number of benzene rings is 2. The van der Waals surface area contributed by atoms with Crippen LogP contribution in [0.5, 0.6) is 0 Å². The van der Waals surface area contributed by atoms with E-state index >= 15 is 0 Å². The number of aryl methyl sites for hydroxylation is 1. The van der Waals surface area contributed by atoms with Gasteiger partial charge in [0.1, 0.15) is 0 Å². The van der Waals surface area contributed by atoms with Gasteiger partial charge in [-0.25, -0.2) is 9.59 Å². The first kappa shape index (κ1) is 22.1. The van der Waals surface area contributed by atoms with Crippen molar-refractivity contribution in [2.45, 2.75) is 26.6 Å². The number of carboxylic acid groups (broad SMARTS) is 1. The lowest BCUT2D eigenvalue weighted by Crippen LogP contribution is -2.07. The van der Waals surface area contributed by atoms with Crippen LogP contribution in [0.25, 0.3) is 17.0 Å². The largest absolute Gasteiger partial charge is 0.478 e. The van der Waals surface area contributed by atoms with E-state index in [2.05, 4.69) is 0 Å². The summed E-state index contributed by atoms with van der Waals surface area (Å²) in [7, 11) is 1.24. The van der Waals surface area contributed by atoms with Crippen LogP contribution in [0.3, 0.4) is 0 Å². The summed E-state index contributed by atoms with van der Waals surface area (Å²) in [5.41, 5.74) is 1.48. The molecule has 5 nitrogen and oxygen atoms in total. The molecule has 0 spiro atoms. The van der Waals surface area contributed by atoms with E-state index in [1.54, 1.807) is 42.0 Å². The van der Waals surface area contributed by atoms with E-state index in [0.717, 1.165) is 12.1 Å². The number of carbonyl (C=O) groups is 2. The Kier molecular flexibility index (Phi) is 5.92. The summed E-state index contributed by atoms with van der Waals surface area (Å²) in [4.78, 5) is 23.6. The lowest BCUT2D eigenvalue weighted by Gasteiger charge is -2.12. The third kappa shape index (κ3) is 4.63. The zero-order valence-corrected chi connectivity index (χ0v) is 17.1. The second kappa shape index (κ2) is 8.29. The van der Waals surface area contributed by atoms with Crippen LogP contribution in [0.1, 0.15) is 39.5 Å². The van der Waals surface area contributed by atoms with E-state index in [1.165, 1.54) is 20.1 Å². The molecule has 1 N–H and O–H groups in total. The maximum Gasteiger partial charge on any atom is 0.416 e. The maximum atomic E-state index is 13.2. The first-order valence-electron chi connectivity index (χ1n) is 9.30. The van der Waals surface area contributed by atoms with E-state index < -0.39 is 23.7 Å². The highest BCUT2D eigenvalue weighted by atomic mass is 19.4. The first-order valence-corrected chi connectivity index (χ1v) is 9.30. The Hall–Kier alpha value is -3.55. The molecule has 8 heteroatoms. The molecule has 3 aromatic rings. The van der Waals surface area contributed by atoms with Crippen LogP contribution in [-0.4, -0.2) is 28.7 Å². The molecule has 1 heterocycles. The van der Waals surface area contributed by atoms with Crippen LogP contribution in [-0.2, 0) is 22.3 Å². The molecule has 31 heavy (non-hydrogen) atoms. The highest BCUT2D eigenvalue weighted by Crippen LogP contribution is 2.32. The Bertz CT molecular complexity index is 1210. The zero-order valence-electron chi connectivity index (χ0n) is 17.1. The van der Waals surface area contributed by atoms with Gasteiger partial charge in [0.15, 0.2) is 0 Å². The number of aliphatic carboxylic acids is 1. The van der Waals surface area contributed by atoms with Gasteiger partial charge < -0.3 is 14.4 Å². The second-order valence-electron chi connectivity index (χ2n) is 7.24. The summed E-state index contributed by atoms with van der Waals surface area (Å²) < 4.78 is 46.2. The summed E-state index contributed by atoms with van der Waals surface area (Å²) in [5, 5.41) is 9.72. The Morgan fingerprint density at radius 3 is 2.52 bits per heavy atom. The van der Waals surface area contributed by atoms with Crippen molar-refractivity contribution in [3.05, 3.63) is 76.0 Å². The zero-order chi connectivity index (χ0) is 22.9. The summed E-state index contributed by atoms with van der Waals surface area (Å²) in [6.45, 7) is 3.11. The van der Waals surface area contributed by atoms with Crippen molar-refractivity contribution < 1.29 is 32.6 Å². The van der Waals surface area contributed by atoms with Crippen LogP contribution in [0.2, 0.25) is 0 Å². The number of carboxylic acids is 1. The maximum absolute atomic E-state index is 13.2. The number of halogens is 3.